The minimum atomic E-state index is -4.56. The van der Waals surface area contributed by atoms with Gasteiger partial charge in [-0.1, -0.05) is 30.3 Å². The summed E-state index contributed by atoms with van der Waals surface area (Å²) in [7, 11) is 1.70. The number of carbonyl (C=O) groups excluding carboxylic acids is 1. The highest BCUT2D eigenvalue weighted by atomic mass is 19.4. The van der Waals surface area contributed by atoms with Gasteiger partial charge in [0.1, 0.15) is 17.1 Å². The molecule has 0 saturated heterocycles. The largest absolute Gasteiger partial charge is 0.417 e. The lowest BCUT2D eigenvalue weighted by atomic mass is 10.1. The molecule has 2 aromatic carbocycles. The highest BCUT2D eigenvalue weighted by molar-refractivity contribution is 6.05. The van der Waals surface area contributed by atoms with E-state index in [0.717, 1.165) is 12.3 Å². The van der Waals surface area contributed by atoms with Crippen LogP contribution in [0.15, 0.2) is 84.0 Å². The van der Waals surface area contributed by atoms with Gasteiger partial charge in [-0.2, -0.15) is 13.2 Å². The van der Waals surface area contributed by atoms with Gasteiger partial charge in [-0.3, -0.25) is 19.3 Å². The number of amides is 1. The molecule has 0 unspecified atom stereocenters. The van der Waals surface area contributed by atoms with Crippen LogP contribution in [0.4, 0.5) is 24.7 Å². The van der Waals surface area contributed by atoms with Crippen LogP contribution in [0.3, 0.4) is 0 Å². The van der Waals surface area contributed by atoms with Gasteiger partial charge in [0, 0.05) is 36.3 Å². The molecule has 0 spiro atoms. The molecule has 3 N–H and O–H groups in total. The number of para-hydroxylation sites is 1. The first-order valence-corrected chi connectivity index (χ1v) is 12.0. The number of aromatic nitrogens is 5. The predicted molar refractivity (Wildman–Crippen MR) is 144 cm³/mol. The zero-order valence-electron chi connectivity index (χ0n) is 21.3. The molecule has 3 aromatic heterocycles. The number of alkyl halides is 3. The Labute approximate surface area is 225 Å². The van der Waals surface area contributed by atoms with E-state index in [1.807, 2.05) is 6.07 Å². The quantitative estimate of drug-likeness (QED) is 0.326. The monoisotopic (exact) mass is 545 g/mol. The van der Waals surface area contributed by atoms with Gasteiger partial charge >= 0.3 is 6.18 Å². The molecule has 3 heterocycles. The van der Waals surface area contributed by atoms with E-state index in [4.69, 9.17) is 5.73 Å². The fraction of sp³-hybridized carbons (Fsp3) is 0.107. The molecular formula is C28H22F3N7O2. The number of hydrogen-bond donors (Lipinski definition) is 2. The van der Waals surface area contributed by atoms with Gasteiger partial charge in [0.05, 0.1) is 28.8 Å². The topological polar surface area (TPSA) is 121 Å². The number of pyridine rings is 1. The standard InChI is InChI=1S/C28H22F3N7O2/c1-16-23(27(40)38(37(16)2)21-6-4-3-5-7-21)26(39)35-20-10-8-17(9-11-20)24-25(32)34-15-22(36-24)18-12-19(14-33-13-18)28(29,30)31/h3-15H,1-2H3,(H2,32,34)(H,35,39). The van der Waals surface area contributed by atoms with E-state index in [-0.39, 0.29) is 28.3 Å². The van der Waals surface area contributed by atoms with Gasteiger partial charge < -0.3 is 11.1 Å². The van der Waals surface area contributed by atoms with Crippen molar-refractivity contribution in [2.45, 2.75) is 13.1 Å². The van der Waals surface area contributed by atoms with Crippen molar-refractivity contribution in [3.8, 4) is 28.2 Å². The van der Waals surface area contributed by atoms with Gasteiger partial charge in [0.2, 0.25) is 0 Å². The molecule has 0 aliphatic rings. The summed E-state index contributed by atoms with van der Waals surface area (Å²) in [5.74, 6) is -0.499. The van der Waals surface area contributed by atoms with E-state index < -0.39 is 23.2 Å². The first kappa shape index (κ1) is 26.4. The Morgan fingerprint density at radius 2 is 1.68 bits per heavy atom. The summed E-state index contributed by atoms with van der Waals surface area (Å²) in [6.45, 7) is 1.69. The number of benzene rings is 2. The second-order valence-corrected chi connectivity index (χ2v) is 8.92. The van der Waals surface area contributed by atoms with Crippen molar-refractivity contribution in [3.05, 3.63) is 106 Å². The lowest BCUT2D eigenvalue weighted by Gasteiger charge is -2.10. The number of halogens is 3. The summed E-state index contributed by atoms with van der Waals surface area (Å²) >= 11 is 0. The normalized spacial score (nSPS) is 11.4. The number of nitrogen functional groups attached to an aromatic ring is 1. The molecule has 40 heavy (non-hydrogen) atoms. The summed E-state index contributed by atoms with van der Waals surface area (Å²) in [5, 5.41) is 2.74. The summed E-state index contributed by atoms with van der Waals surface area (Å²) < 4.78 is 42.4. The van der Waals surface area contributed by atoms with Crippen molar-refractivity contribution in [2.24, 2.45) is 7.05 Å². The first-order chi connectivity index (χ1) is 19.0. The SMILES string of the molecule is Cc1c(C(=O)Nc2ccc(-c3nc(-c4cncc(C(F)(F)F)c4)cnc3N)cc2)c(=O)n(-c2ccccc2)n1C. The minimum Gasteiger partial charge on any atom is -0.382 e. The Hall–Kier alpha value is -5.26. The third-order valence-electron chi connectivity index (χ3n) is 6.36. The molecular weight excluding hydrogens is 523 g/mol. The average Bonchev–Trinajstić information content (AvgIpc) is 3.17. The van der Waals surface area contributed by atoms with Crippen LogP contribution in [0.1, 0.15) is 21.6 Å². The third kappa shape index (κ3) is 4.94. The fourth-order valence-corrected chi connectivity index (χ4v) is 4.22. The van der Waals surface area contributed by atoms with Crippen LogP contribution in [0.25, 0.3) is 28.2 Å². The molecule has 0 atom stereocenters. The Balaban J connectivity index is 1.41. The van der Waals surface area contributed by atoms with Crippen LogP contribution < -0.4 is 16.6 Å². The molecule has 202 valence electrons. The predicted octanol–water partition coefficient (Wildman–Crippen LogP) is 4.86. The van der Waals surface area contributed by atoms with Crippen LogP contribution in [0, 0.1) is 6.92 Å². The highest BCUT2D eigenvalue weighted by Gasteiger charge is 2.31. The Morgan fingerprint density at radius 3 is 2.35 bits per heavy atom. The first-order valence-electron chi connectivity index (χ1n) is 12.0. The zero-order chi connectivity index (χ0) is 28.6. The van der Waals surface area contributed by atoms with Crippen molar-refractivity contribution >= 4 is 17.4 Å². The van der Waals surface area contributed by atoms with Crippen molar-refractivity contribution < 1.29 is 18.0 Å². The zero-order valence-corrected chi connectivity index (χ0v) is 21.3. The van der Waals surface area contributed by atoms with Crippen molar-refractivity contribution in [3.63, 3.8) is 0 Å². The summed E-state index contributed by atoms with van der Waals surface area (Å²) in [6.07, 6.45) is -1.29. The summed E-state index contributed by atoms with van der Waals surface area (Å²) in [6, 6.07) is 16.4. The molecule has 9 nitrogen and oxygen atoms in total. The molecule has 0 fully saturated rings. The van der Waals surface area contributed by atoms with Crippen LogP contribution in [-0.2, 0) is 13.2 Å². The minimum absolute atomic E-state index is 0.00735. The van der Waals surface area contributed by atoms with E-state index in [9.17, 15) is 22.8 Å². The number of nitrogens with two attached hydrogens (primary N) is 1. The average molecular weight is 546 g/mol. The van der Waals surface area contributed by atoms with E-state index in [0.29, 0.717) is 22.6 Å². The van der Waals surface area contributed by atoms with Crippen LogP contribution >= 0.6 is 0 Å². The van der Waals surface area contributed by atoms with Gasteiger partial charge in [0.15, 0.2) is 0 Å². The molecule has 0 saturated carbocycles. The van der Waals surface area contributed by atoms with Gasteiger partial charge in [0.25, 0.3) is 11.5 Å². The highest BCUT2D eigenvalue weighted by Crippen LogP contribution is 2.32. The van der Waals surface area contributed by atoms with Crippen LogP contribution in [-0.4, -0.2) is 30.2 Å². The molecule has 5 rings (SSSR count). The van der Waals surface area contributed by atoms with Gasteiger partial charge in [-0.15, -0.1) is 0 Å². The maximum Gasteiger partial charge on any atom is 0.417 e. The lowest BCUT2D eigenvalue weighted by Crippen LogP contribution is -2.25. The van der Waals surface area contributed by atoms with E-state index in [1.165, 1.54) is 17.1 Å². The molecule has 0 aliphatic heterocycles. The Kier molecular flexibility index (Phi) is 6.68. The maximum atomic E-state index is 13.1. The maximum absolute atomic E-state index is 13.1. The van der Waals surface area contributed by atoms with E-state index in [1.54, 1.807) is 67.2 Å². The van der Waals surface area contributed by atoms with E-state index in [2.05, 4.69) is 20.3 Å². The fourth-order valence-electron chi connectivity index (χ4n) is 4.22. The summed E-state index contributed by atoms with van der Waals surface area (Å²) in [4.78, 5) is 38.4. The molecule has 0 radical (unpaired) electrons. The summed E-state index contributed by atoms with van der Waals surface area (Å²) in [5.41, 5.74) is 7.25. The van der Waals surface area contributed by atoms with Crippen molar-refractivity contribution in [1.82, 2.24) is 24.3 Å². The van der Waals surface area contributed by atoms with Crippen LogP contribution in [0.2, 0.25) is 0 Å². The van der Waals surface area contributed by atoms with Gasteiger partial charge in [-0.05, 0) is 37.3 Å². The molecule has 0 aliphatic carbocycles. The molecule has 0 bridgehead atoms. The van der Waals surface area contributed by atoms with Gasteiger partial charge in [-0.25, -0.2) is 14.6 Å². The number of rotatable bonds is 5. The molecule has 1 amide bonds. The smallest absolute Gasteiger partial charge is 0.382 e. The van der Waals surface area contributed by atoms with E-state index >= 15 is 0 Å². The second kappa shape index (κ2) is 10.1. The lowest BCUT2D eigenvalue weighted by molar-refractivity contribution is -0.137. The number of hydrogen-bond acceptors (Lipinski definition) is 6. The van der Waals surface area contributed by atoms with Crippen LogP contribution in [0.5, 0.6) is 0 Å². The number of carbonyl (C=O) groups is 1. The number of nitrogens with one attached hydrogen (secondary N) is 1. The number of anilines is 2. The third-order valence-corrected chi connectivity index (χ3v) is 6.36. The Morgan fingerprint density at radius 1 is 0.975 bits per heavy atom. The van der Waals surface area contributed by atoms with Crippen molar-refractivity contribution in [2.75, 3.05) is 11.1 Å². The number of nitrogens with zero attached hydrogens (tertiary/aromatic N) is 5. The van der Waals surface area contributed by atoms with Crippen molar-refractivity contribution in [1.29, 1.82) is 0 Å². The Bertz CT molecular complexity index is 1780. The second-order valence-electron chi connectivity index (χ2n) is 8.92. The molecule has 5 aromatic rings. The molecule has 12 heteroatoms.